The summed E-state index contributed by atoms with van der Waals surface area (Å²) in [5.41, 5.74) is 5.02. The monoisotopic (exact) mass is 367 g/mol. The van der Waals surface area contributed by atoms with Crippen LogP contribution in [0.2, 0.25) is 0 Å². The van der Waals surface area contributed by atoms with Gasteiger partial charge in [0.25, 0.3) is 0 Å². The molecule has 0 amide bonds. The molecule has 1 N–H and O–H groups in total. The van der Waals surface area contributed by atoms with Crippen molar-refractivity contribution in [3.05, 3.63) is 72.6 Å². The lowest BCUT2D eigenvalue weighted by molar-refractivity contribution is 0.629. The van der Waals surface area contributed by atoms with Crippen LogP contribution in [-0.2, 0) is 0 Å². The molecule has 0 saturated carbocycles. The first-order valence-corrected chi connectivity index (χ1v) is 9.17. The van der Waals surface area contributed by atoms with Gasteiger partial charge in [0, 0.05) is 22.9 Å². The minimum atomic E-state index is -0.128. The summed E-state index contributed by atoms with van der Waals surface area (Å²) >= 11 is 0. The Labute approximate surface area is 164 Å². The molecule has 2 aromatic carbocycles. The zero-order chi connectivity index (χ0) is 19.7. The van der Waals surface area contributed by atoms with Gasteiger partial charge < -0.3 is 5.32 Å². The van der Waals surface area contributed by atoms with Crippen LogP contribution in [0.3, 0.4) is 0 Å². The summed E-state index contributed by atoms with van der Waals surface area (Å²) in [6, 6.07) is 19.7. The molecule has 0 aliphatic carbocycles. The molecule has 0 saturated heterocycles. The van der Waals surface area contributed by atoms with Crippen LogP contribution in [0.1, 0.15) is 26.3 Å². The van der Waals surface area contributed by atoms with Crippen LogP contribution in [0.25, 0.3) is 28.2 Å². The number of aromatic nitrogens is 3. The zero-order valence-corrected chi connectivity index (χ0v) is 16.1. The Morgan fingerprint density at radius 2 is 1.68 bits per heavy atom. The standard InChI is InChI=1S/C23H21N5/c1-23(2,3)27-22-21(18-7-5-4-6-8-18)26-20-14-25-19(15-28(20)22)17-11-9-16(13-24)10-12-17/h4-12,14-15,27H,1-3H3. The molecule has 5 nitrogen and oxygen atoms in total. The minimum Gasteiger partial charge on any atom is -0.365 e. The van der Waals surface area contributed by atoms with E-state index in [9.17, 15) is 0 Å². The molecule has 0 unspecified atom stereocenters. The average molecular weight is 367 g/mol. The lowest BCUT2D eigenvalue weighted by atomic mass is 10.1. The van der Waals surface area contributed by atoms with Crippen LogP contribution >= 0.6 is 0 Å². The number of nitriles is 1. The second-order valence-electron chi connectivity index (χ2n) is 7.74. The van der Waals surface area contributed by atoms with Gasteiger partial charge in [0.1, 0.15) is 11.5 Å². The molecule has 4 rings (SSSR count). The predicted molar refractivity (Wildman–Crippen MR) is 112 cm³/mol. The van der Waals surface area contributed by atoms with Crippen molar-refractivity contribution in [2.75, 3.05) is 5.32 Å². The highest BCUT2D eigenvalue weighted by atomic mass is 15.2. The van der Waals surface area contributed by atoms with Crippen molar-refractivity contribution >= 4 is 11.5 Å². The highest BCUT2D eigenvalue weighted by molar-refractivity contribution is 5.77. The topological polar surface area (TPSA) is 66.0 Å². The fraction of sp³-hybridized carbons (Fsp3) is 0.174. The minimum absolute atomic E-state index is 0.128. The smallest absolute Gasteiger partial charge is 0.157 e. The molecule has 138 valence electrons. The van der Waals surface area contributed by atoms with Crippen LogP contribution in [0.15, 0.2) is 67.0 Å². The number of nitrogens with one attached hydrogen (secondary N) is 1. The van der Waals surface area contributed by atoms with Gasteiger partial charge in [-0.1, -0.05) is 42.5 Å². The van der Waals surface area contributed by atoms with Crippen molar-refractivity contribution in [2.24, 2.45) is 0 Å². The molecule has 5 heteroatoms. The maximum absolute atomic E-state index is 9.01. The zero-order valence-electron chi connectivity index (χ0n) is 16.1. The summed E-state index contributed by atoms with van der Waals surface area (Å²) in [6.07, 6.45) is 3.78. The third kappa shape index (κ3) is 3.45. The molecular formula is C23H21N5. The second-order valence-corrected chi connectivity index (χ2v) is 7.74. The van der Waals surface area contributed by atoms with E-state index in [1.54, 1.807) is 18.3 Å². The van der Waals surface area contributed by atoms with Crippen molar-refractivity contribution in [3.8, 4) is 28.6 Å². The Morgan fingerprint density at radius 3 is 2.32 bits per heavy atom. The average Bonchev–Trinajstić information content (AvgIpc) is 3.05. The van der Waals surface area contributed by atoms with Crippen molar-refractivity contribution in [1.29, 1.82) is 5.26 Å². The number of hydrogen-bond donors (Lipinski definition) is 1. The van der Waals surface area contributed by atoms with Crippen LogP contribution in [-0.4, -0.2) is 19.9 Å². The Kier molecular flexibility index (Phi) is 4.32. The van der Waals surface area contributed by atoms with Gasteiger partial charge in [-0.25, -0.2) is 4.98 Å². The van der Waals surface area contributed by atoms with E-state index in [1.165, 1.54) is 0 Å². The maximum Gasteiger partial charge on any atom is 0.157 e. The summed E-state index contributed by atoms with van der Waals surface area (Å²) in [6.45, 7) is 6.39. The van der Waals surface area contributed by atoms with E-state index in [-0.39, 0.29) is 5.54 Å². The van der Waals surface area contributed by atoms with E-state index < -0.39 is 0 Å². The molecule has 28 heavy (non-hydrogen) atoms. The van der Waals surface area contributed by atoms with Gasteiger partial charge in [-0.2, -0.15) is 5.26 Å². The van der Waals surface area contributed by atoms with E-state index in [0.29, 0.717) is 5.56 Å². The normalized spacial score (nSPS) is 11.4. The summed E-state index contributed by atoms with van der Waals surface area (Å²) in [5.74, 6) is 0.936. The van der Waals surface area contributed by atoms with Gasteiger partial charge in [0.15, 0.2) is 5.65 Å². The van der Waals surface area contributed by atoms with Gasteiger partial charge in [0.05, 0.1) is 23.5 Å². The SMILES string of the molecule is CC(C)(C)Nc1c(-c2ccccc2)nc2cnc(-c3ccc(C#N)cc3)cn12. The highest BCUT2D eigenvalue weighted by Crippen LogP contribution is 2.31. The third-order valence-electron chi connectivity index (χ3n) is 4.36. The number of nitrogens with zero attached hydrogens (tertiary/aromatic N) is 4. The fourth-order valence-corrected chi connectivity index (χ4v) is 3.09. The van der Waals surface area contributed by atoms with E-state index in [2.05, 4.69) is 49.3 Å². The lowest BCUT2D eigenvalue weighted by Gasteiger charge is -2.22. The summed E-state index contributed by atoms with van der Waals surface area (Å²) < 4.78 is 2.05. The Morgan fingerprint density at radius 1 is 0.964 bits per heavy atom. The first-order chi connectivity index (χ1) is 13.4. The number of benzene rings is 2. The summed E-state index contributed by atoms with van der Waals surface area (Å²) in [4.78, 5) is 9.41. The largest absolute Gasteiger partial charge is 0.365 e. The molecule has 0 aliphatic heterocycles. The molecule has 2 aromatic heterocycles. The molecule has 0 aliphatic rings. The molecule has 0 atom stereocenters. The van der Waals surface area contributed by atoms with Gasteiger partial charge in [-0.05, 0) is 32.9 Å². The Bertz CT molecular complexity index is 1160. The number of hydrogen-bond acceptors (Lipinski definition) is 4. The van der Waals surface area contributed by atoms with Gasteiger partial charge in [0.2, 0.25) is 0 Å². The second kappa shape index (κ2) is 6.82. The van der Waals surface area contributed by atoms with Crippen LogP contribution in [0, 0.1) is 11.3 Å². The number of fused-ring (bicyclic) bond motifs is 1. The van der Waals surface area contributed by atoms with Crippen LogP contribution in [0.4, 0.5) is 5.82 Å². The Hall–Kier alpha value is -3.65. The van der Waals surface area contributed by atoms with Gasteiger partial charge >= 0.3 is 0 Å². The number of rotatable bonds is 3. The predicted octanol–water partition coefficient (Wildman–Crippen LogP) is 5.15. The van der Waals surface area contributed by atoms with E-state index in [0.717, 1.165) is 34.0 Å². The quantitative estimate of drug-likeness (QED) is 0.544. The van der Waals surface area contributed by atoms with Crippen molar-refractivity contribution < 1.29 is 0 Å². The Balaban J connectivity index is 1.89. The summed E-state index contributed by atoms with van der Waals surface area (Å²) in [7, 11) is 0. The number of imidazole rings is 1. The molecule has 0 spiro atoms. The summed E-state index contributed by atoms with van der Waals surface area (Å²) in [5, 5.41) is 12.6. The molecule has 2 heterocycles. The van der Waals surface area contributed by atoms with E-state index >= 15 is 0 Å². The van der Waals surface area contributed by atoms with Crippen molar-refractivity contribution in [3.63, 3.8) is 0 Å². The van der Waals surface area contributed by atoms with Crippen molar-refractivity contribution in [1.82, 2.24) is 14.4 Å². The highest BCUT2D eigenvalue weighted by Gasteiger charge is 2.20. The molecule has 0 radical (unpaired) electrons. The molecule has 0 fully saturated rings. The molecule has 0 bridgehead atoms. The molecular weight excluding hydrogens is 346 g/mol. The first kappa shape index (κ1) is 17.7. The van der Waals surface area contributed by atoms with Crippen LogP contribution in [0.5, 0.6) is 0 Å². The fourth-order valence-electron chi connectivity index (χ4n) is 3.09. The van der Waals surface area contributed by atoms with Gasteiger partial charge in [-0.3, -0.25) is 9.38 Å². The van der Waals surface area contributed by atoms with E-state index in [1.807, 2.05) is 40.9 Å². The third-order valence-corrected chi connectivity index (χ3v) is 4.36. The van der Waals surface area contributed by atoms with E-state index in [4.69, 9.17) is 10.2 Å². The number of anilines is 1. The van der Waals surface area contributed by atoms with Crippen LogP contribution < -0.4 is 5.32 Å². The lowest BCUT2D eigenvalue weighted by Crippen LogP contribution is -2.27. The van der Waals surface area contributed by atoms with Gasteiger partial charge in [-0.15, -0.1) is 0 Å². The first-order valence-electron chi connectivity index (χ1n) is 9.17. The maximum atomic E-state index is 9.01. The molecule has 4 aromatic rings. The van der Waals surface area contributed by atoms with Crippen molar-refractivity contribution in [2.45, 2.75) is 26.3 Å².